The molecule has 8 heteroatoms. The van der Waals surface area contributed by atoms with Gasteiger partial charge in [0.25, 0.3) is 11.5 Å². The Bertz CT molecular complexity index is 1040. The van der Waals surface area contributed by atoms with Gasteiger partial charge in [-0.25, -0.2) is 4.98 Å². The first-order valence-corrected chi connectivity index (χ1v) is 10.0. The smallest absolute Gasteiger partial charge is 0.268 e. The number of fused-ring (bicyclic) bond motifs is 1. The Kier molecular flexibility index (Phi) is 5.40. The molecule has 1 N–H and O–H groups in total. The fourth-order valence-corrected chi connectivity index (χ4v) is 3.92. The van der Waals surface area contributed by atoms with E-state index in [0.29, 0.717) is 34.0 Å². The van der Waals surface area contributed by atoms with Gasteiger partial charge in [-0.05, 0) is 42.5 Å². The zero-order valence-electron chi connectivity index (χ0n) is 15.5. The highest BCUT2D eigenvalue weighted by molar-refractivity contribution is 7.17. The molecule has 0 aliphatic carbocycles. The average molecular weight is 399 g/mol. The second-order valence-corrected chi connectivity index (χ2v) is 7.70. The van der Waals surface area contributed by atoms with Crippen molar-refractivity contribution in [1.29, 1.82) is 0 Å². The monoisotopic (exact) mass is 399 g/mol. The fourth-order valence-electron chi connectivity index (χ4n) is 3.20. The quantitative estimate of drug-likeness (QED) is 0.689. The van der Waals surface area contributed by atoms with Crippen molar-refractivity contribution >= 4 is 27.5 Å². The zero-order chi connectivity index (χ0) is 19.5. The van der Waals surface area contributed by atoms with E-state index in [-0.39, 0.29) is 24.1 Å². The van der Waals surface area contributed by atoms with Gasteiger partial charge in [0.1, 0.15) is 22.9 Å². The SMILES string of the molecule is CN(Cc1nc2ccsc2c(=O)[nH]1)C(=O)c1cccc(OCC2CCCO2)c1. The minimum atomic E-state index is -0.180. The second-order valence-electron chi connectivity index (χ2n) is 6.78. The number of ether oxygens (including phenoxy) is 2. The molecular formula is C20H21N3O4S. The third-order valence-corrected chi connectivity index (χ3v) is 5.54. The number of carbonyl (C=O) groups excluding carboxylic acids is 1. The molecule has 1 saturated heterocycles. The topological polar surface area (TPSA) is 84.5 Å². The molecule has 0 bridgehead atoms. The van der Waals surface area contributed by atoms with E-state index in [4.69, 9.17) is 9.47 Å². The number of nitrogens with one attached hydrogen (secondary N) is 1. The molecule has 1 fully saturated rings. The van der Waals surface area contributed by atoms with Gasteiger partial charge in [-0.2, -0.15) is 0 Å². The summed E-state index contributed by atoms with van der Waals surface area (Å²) in [5, 5.41) is 1.83. The molecule has 0 spiro atoms. The van der Waals surface area contributed by atoms with Crippen molar-refractivity contribution in [2.75, 3.05) is 20.3 Å². The predicted octanol–water partition coefficient (Wildman–Crippen LogP) is 2.81. The Morgan fingerprint density at radius 2 is 2.32 bits per heavy atom. The van der Waals surface area contributed by atoms with Crippen LogP contribution in [0.15, 0.2) is 40.5 Å². The number of hydrogen-bond acceptors (Lipinski definition) is 6. The van der Waals surface area contributed by atoms with Crippen molar-refractivity contribution in [2.45, 2.75) is 25.5 Å². The van der Waals surface area contributed by atoms with Crippen molar-refractivity contribution in [3.8, 4) is 5.75 Å². The second kappa shape index (κ2) is 8.12. The van der Waals surface area contributed by atoms with Crippen molar-refractivity contribution in [2.24, 2.45) is 0 Å². The molecule has 4 rings (SSSR count). The first-order valence-electron chi connectivity index (χ1n) is 9.16. The summed E-state index contributed by atoms with van der Waals surface area (Å²) in [5.41, 5.74) is 0.987. The van der Waals surface area contributed by atoms with Crippen LogP contribution in [-0.2, 0) is 11.3 Å². The van der Waals surface area contributed by atoms with Crippen LogP contribution in [-0.4, -0.2) is 47.1 Å². The molecule has 28 heavy (non-hydrogen) atoms. The third-order valence-electron chi connectivity index (χ3n) is 4.64. The van der Waals surface area contributed by atoms with E-state index in [1.54, 1.807) is 31.3 Å². The van der Waals surface area contributed by atoms with E-state index in [1.165, 1.54) is 16.2 Å². The van der Waals surface area contributed by atoms with E-state index in [2.05, 4.69) is 9.97 Å². The van der Waals surface area contributed by atoms with E-state index >= 15 is 0 Å². The molecule has 1 aliphatic rings. The van der Waals surface area contributed by atoms with Crippen LogP contribution in [0.4, 0.5) is 0 Å². The van der Waals surface area contributed by atoms with Gasteiger partial charge in [-0.1, -0.05) is 6.07 Å². The summed E-state index contributed by atoms with van der Waals surface area (Å²) in [6.07, 6.45) is 2.18. The van der Waals surface area contributed by atoms with Crippen LogP contribution >= 0.6 is 11.3 Å². The van der Waals surface area contributed by atoms with Gasteiger partial charge in [-0.3, -0.25) is 9.59 Å². The first kappa shape index (κ1) is 18.6. The molecule has 146 valence electrons. The van der Waals surface area contributed by atoms with Gasteiger partial charge in [0.05, 0.1) is 18.2 Å². The molecule has 7 nitrogen and oxygen atoms in total. The lowest BCUT2D eigenvalue weighted by molar-refractivity contribution is 0.0678. The maximum absolute atomic E-state index is 12.8. The van der Waals surface area contributed by atoms with Crippen molar-refractivity contribution < 1.29 is 14.3 Å². The van der Waals surface area contributed by atoms with Crippen LogP contribution in [0.5, 0.6) is 5.75 Å². The van der Waals surface area contributed by atoms with Gasteiger partial charge >= 0.3 is 0 Å². The highest BCUT2D eigenvalue weighted by Gasteiger charge is 2.18. The third kappa shape index (κ3) is 4.07. The van der Waals surface area contributed by atoms with Gasteiger partial charge < -0.3 is 19.4 Å². The summed E-state index contributed by atoms with van der Waals surface area (Å²) >= 11 is 1.35. The summed E-state index contributed by atoms with van der Waals surface area (Å²) in [6, 6.07) is 8.90. The minimum absolute atomic E-state index is 0.122. The standard InChI is InChI=1S/C20H21N3O4S/c1-23(11-17-21-16-7-9-28-18(16)19(24)22-17)20(25)13-4-2-5-14(10-13)27-12-15-6-3-8-26-15/h2,4-5,7,9-10,15H,3,6,8,11-12H2,1H3,(H,21,22,24). The normalized spacial score (nSPS) is 16.4. The predicted molar refractivity (Wildman–Crippen MR) is 107 cm³/mol. The van der Waals surface area contributed by atoms with E-state index in [1.807, 2.05) is 11.4 Å². The Balaban J connectivity index is 1.43. The molecule has 1 aliphatic heterocycles. The van der Waals surface area contributed by atoms with Gasteiger partial charge in [-0.15, -0.1) is 11.3 Å². The largest absolute Gasteiger partial charge is 0.491 e. The molecule has 0 radical (unpaired) electrons. The maximum atomic E-state index is 12.8. The van der Waals surface area contributed by atoms with Gasteiger partial charge in [0.2, 0.25) is 0 Å². The number of aromatic amines is 1. The van der Waals surface area contributed by atoms with E-state index in [0.717, 1.165) is 19.4 Å². The minimum Gasteiger partial charge on any atom is -0.491 e. The van der Waals surface area contributed by atoms with Gasteiger partial charge in [0, 0.05) is 19.2 Å². The molecule has 1 atom stereocenters. The summed E-state index contributed by atoms with van der Waals surface area (Å²) < 4.78 is 11.9. The zero-order valence-corrected chi connectivity index (χ0v) is 16.3. The number of aromatic nitrogens is 2. The Morgan fingerprint density at radius 3 is 3.14 bits per heavy atom. The lowest BCUT2D eigenvalue weighted by atomic mass is 10.2. The number of thiophene rings is 1. The summed E-state index contributed by atoms with van der Waals surface area (Å²) in [4.78, 5) is 33.6. The number of rotatable bonds is 6. The summed E-state index contributed by atoms with van der Waals surface area (Å²) in [6.45, 7) is 1.48. The van der Waals surface area contributed by atoms with Crippen molar-refractivity contribution in [3.63, 3.8) is 0 Å². The maximum Gasteiger partial charge on any atom is 0.268 e. The Morgan fingerprint density at radius 1 is 1.43 bits per heavy atom. The summed E-state index contributed by atoms with van der Waals surface area (Å²) in [7, 11) is 1.68. The summed E-state index contributed by atoms with van der Waals surface area (Å²) in [5.74, 6) is 0.925. The highest BCUT2D eigenvalue weighted by atomic mass is 32.1. The van der Waals surface area contributed by atoms with Gasteiger partial charge in [0.15, 0.2) is 0 Å². The molecule has 3 heterocycles. The molecule has 1 amide bonds. The van der Waals surface area contributed by atoms with Crippen molar-refractivity contribution in [3.05, 3.63) is 57.5 Å². The number of H-pyrrole nitrogens is 1. The van der Waals surface area contributed by atoms with E-state index in [9.17, 15) is 9.59 Å². The lowest BCUT2D eigenvalue weighted by Gasteiger charge is -2.17. The molecule has 3 aromatic rings. The molecule has 1 aromatic carbocycles. The highest BCUT2D eigenvalue weighted by Crippen LogP contribution is 2.19. The number of benzene rings is 1. The number of hydrogen-bond donors (Lipinski definition) is 1. The Labute approximate surface area is 165 Å². The molecular weight excluding hydrogens is 378 g/mol. The van der Waals surface area contributed by atoms with E-state index < -0.39 is 0 Å². The van der Waals surface area contributed by atoms with Crippen LogP contribution in [0.3, 0.4) is 0 Å². The van der Waals surface area contributed by atoms with Crippen LogP contribution in [0.1, 0.15) is 29.0 Å². The molecule has 0 saturated carbocycles. The average Bonchev–Trinajstić information content (AvgIpc) is 3.38. The fraction of sp³-hybridized carbons (Fsp3) is 0.350. The molecule has 2 aromatic heterocycles. The first-order chi connectivity index (χ1) is 13.6. The van der Waals surface area contributed by atoms with Crippen molar-refractivity contribution in [1.82, 2.24) is 14.9 Å². The van der Waals surface area contributed by atoms with Crippen LogP contribution < -0.4 is 10.3 Å². The number of carbonyl (C=O) groups is 1. The Hall–Kier alpha value is -2.71. The van der Waals surface area contributed by atoms with Crippen LogP contribution in [0.2, 0.25) is 0 Å². The number of nitrogens with zero attached hydrogens (tertiary/aromatic N) is 2. The lowest BCUT2D eigenvalue weighted by Crippen LogP contribution is -2.28. The van der Waals surface area contributed by atoms with Crippen LogP contribution in [0.25, 0.3) is 10.2 Å². The molecule has 1 unspecified atom stereocenters. The van der Waals surface area contributed by atoms with Crippen LogP contribution in [0, 0.1) is 0 Å². The number of amides is 1.